The first-order chi connectivity index (χ1) is 21.0. The molecule has 3 atom stereocenters. The summed E-state index contributed by atoms with van der Waals surface area (Å²) in [6, 6.07) is 24.6. The lowest BCUT2D eigenvalue weighted by Crippen LogP contribution is -2.63. The van der Waals surface area contributed by atoms with Crippen molar-refractivity contribution in [1.82, 2.24) is 9.47 Å². The Morgan fingerprint density at radius 2 is 1.22 bits per heavy atom. The Balaban J connectivity index is 1.90. The van der Waals surface area contributed by atoms with E-state index in [-0.39, 0.29) is 27.2 Å². The molecule has 0 amide bonds. The zero-order chi connectivity index (χ0) is 34.3. The first-order valence-electron chi connectivity index (χ1n) is 17.3. The van der Waals surface area contributed by atoms with Gasteiger partial charge in [0.15, 0.2) is 0 Å². The molecule has 0 radical (unpaired) electrons. The molecular weight excluding hydrogens is 560 g/mol. The van der Waals surface area contributed by atoms with Gasteiger partial charge in [0.1, 0.15) is 6.10 Å². The Hall–Kier alpha value is -2.88. The summed E-state index contributed by atoms with van der Waals surface area (Å²) in [5, 5.41) is 15.3. The van der Waals surface area contributed by atoms with Gasteiger partial charge in [-0.2, -0.15) is 0 Å². The SMILES string of the molecule is CN(C)C1(C(C)(C)CC(C)(C)C)C=C(c2ccccc2)C(O)C(C)(n2c3ccc(C(C)(C)C)cc3c3cc(C(C)(C)C)ccc32)C1. The lowest BCUT2D eigenvalue weighted by molar-refractivity contribution is -0.0375. The summed E-state index contributed by atoms with van der Waals surface area (Å²) < 4.78 is 2.52. The van der Waals surface area contributed by atoms with Crippen LogP contribution in [0.25, 0.3) is 27.4 Å². The fourth-order valence-corrected chi connectivity index (χ4v) is 8.75. The number of hydrogen-bond donors (Lipinski definition) is 1. The van der Waals surface area contributed by atoms with Gasteiger partial charge in [0.05, 0.1) is 5.54 Å². The van der Waals surface area contributed by atoms with E-state index >= 15 is 0 Å². The summed E-state index contributed by atoms with van der Waals surface area (Å²) >= 11 is 0. The van der Waals surface area contributed by atoms with Crippen LogP contribution >= 0.6 is 0 Å². The van der Waals surface area contributed by atoms with Crippen LogP contribution in [-0.4, -0.2) is 40.3 Å². The molecule has 1 aliphatic rings. The van der Waals surface area contributed by atoms with Crippen molar-refractivity contribution in [1.29, 1.82) is 0 Å². The van der Waals surface area contributed by atoms with E-state index in [1.165, 1.54) is 32.9 Å². The highest BCUT2D eigenvalue weighted by molar-refractivity contribution is 6.09. The predicted molar refractivity (Wildman–Crippen MR) is 200 cm³/mol. The number of fused-ring (bicyclic) bond motifs is 3. The van der Waals surface area contributed by atoms with Crippen LogP contribution in [0, 0.1) is 10.8 Å². The highest BCUT2D eigenvalue weighted by Crippen LogP contribution is 2.56. The molecule has 3 unspecified atom stereocenters. The summed E-state index contributed by atoms with van der Waals surface area (Å²) in [6.45, 7) is 28.0. The normalized spacial score (nSPS) is 23.4. The smallest absolute Gasteiger partial charge is 0.103 e. The molecule has 0 spiro atoms. The molecule has 4 aromatic rings. The van der Waals surface area contributed by atoms with Crippen molar-refractivity contribution in [3.63, 3.8) is 0 Å². The van der Waals surface area contributed by atoms with Crippen molar-refractivity contribution in [3.8, 4) is 0 Å². The van der Waals surface area contributed by atoms with Crippen molar-refractivity contribution in [2.75, 3.05) is 14.1 Å². The van der Waals surface area contributed by atoms with E-state index in [2.05, 4.69) is 179 Å². The lowest BCUT2D eigenvalue weighted by Gasteiger charge is -2.59. The molecule has 0 fully saturated rings. The maximum absolute atomic E-state index is 12.8. The second kappa shape index (κ2) is 11.1. The third-order valence-electron chi connectivity index (χ3n) is 11.0. The Morgan fingerprint density at radius 1 is 0.739 bits per heavy atom. The van der Waals surface area contributed by atoms with Gasteiger partial charge in [0, 0.05) is 27.3 Å². The van der Waals surface area contributed by atoms with Gasteiger partial charge in [-0.25, -0.2) is 0 Å². The summed E-state index contributed by atoms with van der Waals surface area (Å²) in [7, 11) is 4.47. The minimum absolute atomic E-state index is 0.0266. The maximum atomic E-state index is 12.8. The molecule has 248 valence electrons. The van der Waals surface area contributed by atoms with Gasteiger partial charge in [0.2, 0.25) is 0 Å². The predicted octanol–water partition coefficient (Wildman–Crippen LogP) is 10.7. The first kappa shape index (κ1) is 34.5. The Kier molecular flexibility index (Phi) is 8.31. The molecular formula is C43H60N2O. The molecule has 3 heteroatoms. The van der Waals surface area contributed by atoms with Crippen molar-refractivity contribution in [3.05, 3.63) is 89.5 Å². The van der Waals surface area contributed by atoms with E-state index in [9.17, 15) is 5.11 Å². The molecule has 0 aliphatic heterocycles. The summed E-state index contributed by atoms with van der Waals surface area (Å²) in [6.07, 6.45) is 3.54. The van der Waals surface area contributed by atoms with Crippen LogP contribution in [-0.2, 0) is 16.4 Å². The molecule has 1 N–H and O–H groups in total. The van der Waals surface area contributed by atoms with Gasteiger partial charge in [-0.05, 0) is 102 Å². The lowest BCUT2D eigenvalue weighted by atomic mass is 9.56. The highest BCUT2D eigenvalue weighted by Gasteiger charge is 2.57. The molecule has 46 heavy (non-hydrogen) atoms. The molecule has 0 bridgehead atoms. The quantitative estimate of drug-likeness (QED) is 0.240. The molecule has 3 aromatic carbocycles. The first-order valence-corrected chi connectivity index (χ1v) is 17.3. The zero-order valence-electron chi connectivity index (χ0n) is 31.3. The van der Waals surface area contributed by atoms with E-state index in [0.717, 1.165) is 24.0 Å². The van der Waals surface area contributed by atoms with Gasteiger partial charge in [-0.3, -0.25) is 4.90 Å². The zero-order valence-corrected chi connectivity index (χ0v) is 31.3. The molecule has 1 aromatic heterocycles. The second-order valence-corrected chi connectivity index (χ2v) is 18.6. The standard InChI is InChI=1S/C43H60N2O/c1-38(2,3)27-41(10,11)43(44(13)14)26-34(29-18-16-15-17-19-29)37(46)42(12,28-43)45-35-22-20-30(39(4,5)6)24-32(35)33-25-31(40(7,8)9)21-23-36(33)45/h15-26,37,46H,27-28H2,1-14H3. The largest absolute Gasteiger partial charge is 0.386 e. The maximum Gasteiger partial charge on any atom is 0.103 e. The molecule has 0 saturated carbocycles. The van der Waals surface area contributed by atoms with Gasteiger partial charge < -0.3 is 9.67 Å². The number of nitrogens with zero attached hydrogens (tertiary/aromatic N) is 2. The van der Waals surface area contributed by atoms with Gasteiger partial charge in [-0.15, -0.1) is 0 Å². The van der Waals surface area contributed by atoms with Crippen LogP contribution in [0.15, 0.2) is 72.8 Å². The Labute approximate surface area is 279 Å². The summed E-state index contributed by atoms with van der Waals surface area (Å²) in [5.74, 6) is 0. The average molecular weight is 621 g/mol. The van der Waals surface area contributed by atoms with E-state index in [1.807, 2.05) is 0 Å². The van der Waals surface area contributed by atoms with E-state index in [0.29, 0.717) is 0 Å². The number of aliphatic hydroxyl groups excluding tert-OH is 1. The summed E-state index contributed by atoms with van der Waals surface area (Å²) in [5.41, 5.74) is 6.23. The minimum atomic E-state index is -0.711. The second-order valence-electron chi connectivity index (χ2n) is 18.6. The van der Waals surface area contributed by atoms with Crippen LogP contribution in [0.2, 0.25) is 0 Å². The summed E-state index contributed by atoms with van der Waals surface area (Å²) in [4.78, 5) is 2.44. The number of aromatic nitrogens is 1. The number of likely N-dealkylation sites (N-methyl/N-ethyl adjacent to an activating group) is 1. The van der Waals surface area contributed by atoms with Crippen LogP contribution in [0.3, 0.4) is 0 Å². The number of benzene rings is 3. The molecule has 3 nitrogen and oxygen atoms in total. The Bertz CT molecular complexity index is 1700. The third-order valence-corrected chi connectivity index (χ3v) is 11.0. The van der Waals surface area contributed by atoms with Crippen LogP contribution in [0.5, 0.6) is 0 Å². The number of aliphatic hydroxyl groups is 1. The van der Waals surface area contributed by atoms with E-state index < -0.39 is 11.6 Å². The van der Waals surface area contributed by atoms with Crippen molar-refractivity contribution in [2.24, 2.45) is 10.8 Å². The molecule has 0 saturated heterocycles. The van der Waals surface area contributed by atoms with Crippen LogP contribution < -0.4 is 0 Å². The molecule has 1 heterocycles. The molecule has 5 rings (SSSR count). The van der Waals surface area contributed by atoms with Crippen molar-refractivity contribution in [2.45, 2.75) is 124 Å². The van der Waals surface area contributed by atoms with Crippen LogP contribution in [0.4, 0.5) is 0 Å². The van der Waals surface area contributed by atoms with E-state index in [4.69, 9.17) is 0 Å². The number of rotatable bonds is 5. The monoisotopic (exact) mass is 620 g/mol. The van der Waals surface area contributed by atoms with Crippen LogP contribution in [0.1, 0.15) is 113 Å². The fourth-order valence-electron chi connectivity index (χ4n) is 8.75. The Morgan fingerprint density at radius 3 is 1.63 bits per heavy atom. The number of hydrogen-bond acceptors (Lipinski definition) is 2. The van der Waals surface area contributed by atoms with Gasteiger partial charge in [0.25, 0.3) is 0 Å². The average Bonchev–Trinajstić information content (AvgIpc) is 3.26. The van der Waals surface area contributed by atoms with Gasteiger partial charge >= 0.3 is 0 Å². The third kappa shape index (κ3) is 5.77. The molecule has 1 aliphatic carbocycles. The minimum Gasteiger partial charge on any atom is -0.386 e. The van der Waals surface area contributed by atoms with Gasteiger partial charge in [-0.1, -0.05) is 125 Å². The highest BCUT2D eigenvalue weighted by atomic mass is 16.3. The van der Waals surface area contributed by atoms with E-state index in [1.54, 1.807) is 0 Å². The fraction of sp³-hybridized carbons (Fsp3) is 0.535. The van der Waals surface area contributed by atoms with Crippen molar-refractivity contribution < 1.29 is 5.11 Å². The topological polar surface area (TPSA) is 28.4 Å². The van der Waals surface area contributed by atoms with Crippen molar-refractivity contribution >= 4 is 27.4 Å².